The molecular formula is C14H9BrFNOS. The SMILES string of the molecule is [O-][n+]1c(Cc2ccc(Br)cc2F)sc2ccccc21. The van der Waals surface area contributed by atoms with Gasteiger partial charge in [0.1, 0.15) is 10.5 Å². The largest absolute Gasteiger partial charge is 0.617 e. The van der Waals surface area contributed by atoms with Crippen LogP contribution in [0.5, 0.6) is 0 Å². The van der Waals surface area contributed by atoms with Crippen molar-refractivity contribution in [1.29, 1.82) is 0 Å². The molecule has 0 radical (unpaired) electrons. The minimum absolute atomic E-state index is 0.299. The first kappa shape index (κ1) is 12.6. The highest BCUT2D eigenvalue weighted by molar-refractivity contribution is 9.10. The molecule has 2 aromatic carbocycles. The summed E-state index contributed by atoms with van der Waals surface area (Å²) in [4.78, 5) is 0. The summed E-state index contributed by atoms with van der Waals surface area (Å²) in [6.07, 6.45) is 0.307. The van der Waals surface area contributed by atoms with Crippen molar-refractivity contribution in [2.24, 2.45) is 0 Å². The molecule has 0 bridgehead atoms. The van der Waals surface area contributed by atoms with Gasteiger partial charge in [0.25, 0.3) is 5.01 Å². The van der Waals surface area contributed by atoms with Crippen LogP contribution in [0.15, 0.2) is 46.9 Å². The molecule has 2 nitrogen and oxygen atoms in total. The summed E-state index contributed by atoms with van der Waals surface area (Å²) in [5, 5.41) is 12.7. The number of para-hydroxylation sites is 1. The quantitative estimate of drug-likeness (QED) is 0.512. The summed E-state index contributed by atoms with van der Waals surface area (Å²) in [7, 11) is 0. The molecule has 0 saturated carbocycles. The maximum atomic E-state index is 13.8. The molecule has 0 fully saturated rings. The minimum Gasteiger partial charge on any atom is -0.617 e. The topological polar surface area (TPSA) is 26.9 Å². The molecule has 0 spiro atoms. The molecule has 0 saturated heterocycles. The fraction of sp³-hybridized carbons (Fsp3) is 0.0714. The summed E-state index contributed by atoms with van der Waals surface area (Å²) in [5.74, 6) is -0.299. The van der Waals surface area contributed by atoms with Crippen molar-refractivity contribution >= 4 is 37.5 Å². The summed E-state index contributed by atoms with van der Waals surface area (Å²) < 4.78 is 16.3. The Morgan fingerprint density at radius 2 is 2.00 bits per heavy atom. The van der Waals surface area contributed by atoms with Crippen molar-refractivity contribution in [3.05, 3.63) is 68.5 Å². The van der Waals surface area contributed by atoms with Gasteiger partial charge in [-0.3, -0.25) is 0 Å². The van der Waals surface area contributed by atoms with Gasteiger partial charge in [-0.1, -0.05) is 45.5 Å². The van der Waals surface area contributed by atoms with Gasteiger partial charge in [0, 0.05) is 10.5 Å². The zero-order chi connectivity index (χ0) is 13.4. The molecule has 0 aliphatic heterocycles. The molecule has 1 aromatic heterocycles. The molecule has 0 aliphatic carbocycles. The summed E-state index contributed by atoms with van der Waals surface area (Å²) >= 11 is 4.62. The second kappa shape index (κ2) is 4.90. The van der Waals surface area contributed by atoms with Gasteiger partial charge in [0.2, 0.25) is 5.52 Å². The summed E-state index contributed by atoms with van der Waals surface area (Å²) in [5.41, 5.74) is 1.17. The highest BCUT2D eigenvalue weighted by atomic mass is 79.9. The number of hydrogen-bond donors (Lipinski definition) is 0. The van der Waals surface area contributed by atoms with E-state index in [1.807, 2.05) is 18.2 Å². The molecule has 19 heavy (non-hydrogen) atoms. The van der Waals surface area contributed by atoms with Crippen LogP contribution in [-0.2, 0) is 6.42 Å². The van der Waals surface area contributed by atoms with Crippen LogP contribution < -0.4 is 4.73 Å². The number of fused-ring (bicyclic) bond motifs is 1. The van der Waals surface area contributed by atoms with Crippen LogP contribution in [-0.4, -0.2) is 0 Å². The number of hydrogen-bond acceptors (Lipinski definition) is 2. The monoisotopic (exact) mass is 337 g/mol. The van der Waals surface area contributed by atoms with Gasteiger partial charge in [0.15, 0.2) is 0 Å². The van der Waals surface area contributed by atoms with Gasteiger partial charge in [-0.15, -0.1) is 0 Å². The Morgan fingerprint density at radius 1 is 1.21 bits per heavy atom. The fourth-order valence-electron chi connectivity index (χ4n) is 1.95. The third-order valence-electron chi connectivity index (χ3n) is 2.90. The third kappa shape index (κ3) is 2.35. The molecule has 5 heteroatoms. The summed E-state index contributed by atoms with van der Waals surface area (Å²) in [6.45, 7) is 0. The van der Waals surface area contributed by atoms with E-state index < -0.39 is 0 Å². The van der Waals surface area contributed by atoms with E-state index in [-0.39, 0.29) is 5.82 Å². The van der Waals surface area contributed by atoms with Crippen molar-refractivity contribution < 1.29 is 9.12 Å². The second-order valence-corrected chi connectivity index (χ2v) is 6.20. The first-order chi connectivity index (χ1) is 9.15. The van der Waals surface area contributed by atoms with Crippen LogP contribution in [0.2, 0.25) is 0 Å². The fourth-order valence-corrected chi connectivity index (χ4v) is 3.35. The van der Waals surface area contributed by atoms with Crippen molar-refractivity contribution in [3.63, 3.8) is 0 Å². The van der Waals surface area contributed by atoms with E-state index in [4.69, 9.17) is 0 Å². The maximum Gasteiger partial charge on any atom is 0.254 e. The Kier molecular flexibility index (Phi) is 3.24. The first-order valence-corrected chi connectivity index (χ1v) is 7.30. The number of aromatic nitrogens is 1. The molecule has 0 unspecified atom stereocenters. The average molecular weight is 338 g/mol. The predicted molar refractivity (Wildman–Crippen MR) is 77.7 cm³/mol. The standard InChI is InChI=1S/C14H9BrFNOS/c15-10-6-5-9(11(16)8-10)7-14-17(18)12-3-1-2-4-13(12)19-14/h1-6,8H,7H2. The molecule has 0 N–H and O–H groups in total. The Balaban J connectivity index is 2.03. The lowest BCUT2D eigenvalue weighted by atomic mass is 10.1. The molecule has 1 heterocycles. The van der Waals surface area contributed by atoms with E-state index in [9.17, 15) is 9.60 Å². The Morgan fingerprint density at radius 3 is 2.74 bits per heavy atom. The van der Waals surface area contributed by atoms with Crippen LogP contribution >= 0.6 is 27.3 Å². The molecule has 96 valence electrons. The number of thiazole rings is 1. The van der Waals surface area contributed by atoms with E-state index in [2.05, 4.69) is 15.9 Å². The van der Waals surface area contributed by atoms with E-state index in [1.165, 1.54) is 17.4 Å². The van der Waals surface area contributed by atoms with Crippen molar-refractivity contribution in [3.8, 4) is 0 Å². The zero-order valence-electron chi connectivity index (χ0n) is 9.77. The van der Waals surface area contributed by atoms with Crippen LogP contribution in [0.25, 0.3) is 10.2 Å². The predicted octanol–water partition coefficient (Wildman–Crippen LogP) is 4.03. The average Bonchev–Trinajstić information content (AvgIpc) is 2.70. The molecule has 3 rings (SSSR count). The molecular weight excluding hydrogens is 329 g/mol. The van der Waals surface area contributed by atoms with Gasteiger partial charge < -0.3 is 5.21 Å². The highest BCUT2D eigenvalue weighted by Crippen LogP contribution is 2.23. The van der Waals surface area contributed by atoms with E-state index in [0.717, 1.165) is 9.43 Å². The van der Waals surface area contributed by atoms with Gasteiger partial charge in [-0.25, -0.2) is 4.39 Å². The summed E-state index contributed by atoms with van der Waals surface area (Å²) in [6, 6.07) is 12.3. The maximum absolute atomic E-state index is 13.8. The lowest BCUT2D eigenvalue weighted by Gasteiger charge is -2.02. The van der Waals surface area contributed by atoms with E-state index in [1.54, 1.807) is 18.2 Å². The smallest absolute Gasteiger partial charge is 0.254 e. The highest BCUT2D eigenvalue weighted by Gasteiger charge is 2.17. The van der Waals surface area contributed by atoms with Crippen LogP contribution in [0.4, 0.5) is 4.39 Å². The van der Waals surface area contributed by atoms with E-state index in [0.29, 0.717) is 27.0 Å². The van der Waals surface area contributed by atoms with Crippen LogP contribution in [0.1, 0.15) is 10.6 Å². The lowest BCUT2D eigenvalue weighted by molar-refractivity contribution is -0.580. The molecule has 0 atom stereocenters. The Bertz CT molecular complexity index is 756. The normalized spacial score (nSPS) is 11.1. The second-order valence-electron chi connectivity index (χ2n) is 4.17. The lowest BCUT2D eigenvalue weighted by Crippen LogP contribution is -2.28. The van der Waals surface area contributed by atoms with E-state index >= 15 is 0 Å². The molecule has 0 amide bonds. The Labute approximate surface area is 121 Å². The van der Waals surface area contributed by atoms with Gasteiger partial charge >= 0.3 is 0 Å². The molecule has 0 aliphatic rings. The third-order valence-corrected chi connectivity index (χ3v) is 4.50. The van der Waals surface area contributed by atoms with Crippen LogP contribution in [0, 0.1) is 11.0 Å². The van der Waals surface area contributed by atoms with Crippen molar-refractivity contribution in [2.45, 2.75) is 6.42 Å². The van der Waals surface area contributed by atoms with Gasteiger partial charge in [0.05, 0.1) is 6.42 Å². The Hall–Kier alpha value is -1.46. The van der Waals surface area contributed by atoms with Crippen molar-refractivity contribution in [1.82, 2.24) is 0 Å². The van der Waals surface area contributed by atoms with Gasteiger partial charge in [-0.05, 0) is 23.8 Å². The zero-order valence-corrected chi connectivity index (χ0v) is 12.2. The first-order valence-electron chi connectivity index (χ1n) is 5.69. The molecule has 3 aromatic rings. The minimum atomic E-state index is -0.299. The number of nitrogens with zero attached hydrogens (tertiary/aromatic N) is 1. The number of rotatable bonds is 2. The number of halogens is 2. The van der Waals surface area contributed by atoms with Crippen LogP contribution in [0.3, 0.4) is 0 Å². The van der Waals surface area contributed by atoms with Crippen molar-refractivity contribution in [2.75, 3.05) is 0 Å². The van der Waals surface area contributed by atoms with Gasteiger partial charge in [-0.2, -0.15) is 4.73 Å². The number of benzene rings is 2.